The van der Waals surface area contributed by atoms with E-state index in [1.54, 1.807) is 0 Å². The summed E-state index contributed by atoms with van der Waals surface area (Å²) in [5, 5.41) is 3.80. The lowest BCUT2D eigenvalue weighted by atomic mass is 10.2. The van der Waals surface area contributed by atoms with E-state index in [-0.39, 0.29) is 0 Å². The van der Waals surface area contributed by atoms with Crippen LogP contribution in [0.5, 0.6) is 0 Å². The Hall–Kier alpha value is -0.600. The summed E-state index contributed by atoms with van der Waals surface area (Å²) in [7, 11) is 0. The Morgan fingerprint density at radius 1 is 1.50 bits per heavy atom. The highest BCUT2D eigenvalue weighted by Gasteiger charge is 1.98. The van der Waals surface area contributed by atoms with Crippen molar-refractivity contribution < 1.29 is 0 Å². The zero-order valence-corrected chi connectivity index (χ0v) is 8.15. The van der Waals surface area contributed by atoms with Crippen molar-refractivity contribution in [1.29, 1.82) is 0 Å². The van der Waals surface area contributed by atoms with Crippen LogP contribution in [0.15, 0.2) is 12.1 Å². The molecule has 0 unspecified atom stereocenters. The minimum atomic E-state index is 0.563. The molecule has 0 amide bonds. The third-order valence-electron chi connectivity index (χ3n) is 1.73. The van der Waals surface area contributed by atoms with Crippen molar-refractivity contribution in [3.8, 4) is 0 Å². The van der Waals surface area contributed by atoms with Crippen molar-refractivity contribution in [2.24, 2.45) is 0 Å². The number of aryl methyl sites for hydroxylation is 1. The van der Waals surface area contributed by atoms with Crippen molar-refractivity contribution in [2.45, 2.75) is 20.4 Å². The molecule has 0 aromatic carbocycles. The molecule has 1 N–H and O–H groups in total. The van der Waals surface area contributed by atoms with Crippen molar-refractivity contribution in [1.82, 2.24) is 10.3 Å². The van der Waals surface area contributed by atoms with Gasteiger partial charge in [-0.1, -0.05) is 24.6 Å². The predicted octanol–water partition coefficient (Wildman–Crippen LogP) is 2.15. The summed E-state index contributed by atoms with van der Waals surface area (Å²) in [5.74, 6) is 0. The quantitative estimate of drug-likeness (QED) is 0.729. The molecule has 0 aliphatic heterocycles. The molecule has 1 heterocycles. The third kappa shape index (κ3) is 2.47. The summed E-state index contributed by atoms with van der Waals surface area (Å²) in [6, 6.07) is 3.83. The van der Waals surface area contributed by atoms with Gasteiger partial charge in [-0.15, -0.1) is 0 Å². The van der Waals surface area contributed by atoms with Crippen LogP contribution in [0.2, 0.25) is 5.15 Å². The summed E-state index contributed by atoms with van der Waals surface area (Å²) < 4.78 is 0. The minimum absolute atomic E-state index is 0.563. The van der Waals surface area contributed by atoms with Gasteiger partial charge in [0.25, 0.3) is 0 Å². The van der Waals surface area contributed by atoms with Crippen LogP contribution < -0.4 is 5.32 Å². The molecule has 0 saturated carbocycles. The average Bonchev–Trinajstić information content (AvgIpc) is 2.03. The second-order valence-electron chi connectivity index (χ2n) is 2.66. The van der Waals surface area contributed by atoms with E-state index in [1.807, 2.05) is 19.1 Å². The van der Waals surface area contributed by atoms with E-state index in [4.69, 9.17) is 11.6 Å². The van der Waals surface area contributed by atoms with Crippen LogP contribution in [-0.4, -0.2) is 11.5 Å². The summed E-state index contributed by atoms with van der Waals surface area (Å²) in [5.41, 5.74) is 2.21. The standard InChI is InChI=1S/C9H13ClN2/c1-3-11-6-8-4-5-9(10)12-7(8)2/h4-5,11H,3,6H2,1-2H3. The van der Waals surface area contributed by atoms with Gasteiger partial charge in [-0.25, -0.2) is 4.98 Å². The SMILES string of the molecule is CCNCc1ccc(Cl)nc1C. The van der Waals surface area contributed by atoms with Crippen LogP contribution >= 0.6 is 11.6 Å². The lowest BCUT2D eigenvalue weighted by Crippen LogP contribution is -2.13. The van der Waals surface area contributed by atoms with Gasteiger partial charge >= 0.3 is 0 Å². The number of hydrogen-bond donors (Lipinski definition) is 1. The lowest BCUT2D eigenvalue weighted by Gasteiger charge is -2.04. The zero-order valence-electron chi connectivity index (χ0n) is 7.39. The van der Waals surface area contributed by atoms with Gasteiger partial charge in [0.2, 0.25) is 0 Å². The van der Waals surface area contributed by atoms with Gasteiger partial charge in [-0.05, 0) is 25.1 Å². The molecule has 1 aromatic heterocycles. The van der Waals surface area contributed by atoms with Crippen molar-refractivity contribution in [3.63, 3.8) is 0 Å². The summed E-state index contributed by atoms with van der Waals surface area (Å²) in [6.07, 6.45) is 0. The molecular weight excluding hydrogens is 172 g/mol. The molecule has 3 heteroatoms. The highest BCUT2D eigenvalue weighted by molar-refractivity contribution is 6.29. The first kappa shape index (κ1) is 9.49. The van der Waals surface area contributed by atoms with Crippen LogP contribution in [0.25, 0.3) is 0 Å². The smallest absolute Gasteiger partial charge is 0.129 e. The minimum Gasteiger partial charge on any atom is -0.313 e. The van der Waals surface area contributed by atoms with E-state index in [1.165, 1.54) is 5.56 Å². The van der Waals surface area contributed by atoms with Crippen molar-refractivity contribution in [2.75, 3.05) is 6.54 Å². The Balaban J connectivity index is 2.72. The molecular formula is C9H13ClN2. The highest BCUT2D eigenvalue weighted by Crippen LogP contribution is 2.09. The summed E-state index contributed by atoms with van der Waals surface area (Å²) in [4.78, 5) is 4.15. The third-order valence-corrected chi connectivity index (χ3v) is 1.94. The van der Waals surface area contributed by atoms with Crippen LogP contribution in [0.4, 0.5) is 0 Å². The van der Waals surface area contributed by atoms with Crippen LogP contribution in [0.1, 0.15) is 18.2 Å². The average molecular weight is 185 g/mol. The summed E-state index contributed by atoms with van der Waals surface area (Å²) >= 11 is 5.72. The molecule has 0 spiro atoms. The first-order chi connectivity index (χ1) is 5.74. The topological polar surface area (TPSA) is 24.9 Å². The molecule has 0 radical (unpaired) electrons. The van der Waals surface area contributed by atoms with E-state index in [0.717, 1.165) is 18.8 Å². The van der Waals surface area contributed by atoms with E-state index < -0.39 is 0 Å². The van der Waals surface area contributed by atoms with Gasteiger partial charge < -0.3 is 5.32 Å². The molecule has 66 valence electrons. The monoisotopic (exact) mass is 184 g/mol. The van der Waals surface area contributed by atoms with Gasteiger partial charge in [-0.3, -0.25) is 0 Å². The van der Waals surface area contributed by atoms with Crippen LogP contribution in [0.3, 0.4) is 0 Å². The van der Waals surface area contributed by atoms with Crippen molar-refractivity contribution in [3.05, 3.63) is 28.5 Å². The molecule has 0 bridgehead atoms. The Bertz CT molecular complexity index is 261. The van der Waals surface area contributed by atoms with Crippen LogP contribution in [0, 0.1) is 6.92 Å². The maximum absolute atomic E-state index is 5.72. The Morgan fingerprint density at radius 3 is 2.83 bits per heavy atom. The van der Waals surface area contributed by atoms with E-state index in [9.17, 15) is 0 Å². The fourth-order valence-electron chi connectivity index (χ4n) is 1.01. The fraction of sp³-hybridized carbons (Fsp3) is 0.444. The molecule has 0 aliphatic carbocycles. The van der Waals surface area contributed by atoms with Gasteiger partial charge in [-0.2, -0.15) is 0 Å². The maximum atomic E-state index is 5.72. The second-order valence-corrected chi connectivity index (χ2v) is 3.05. The van der Waals surface area contributed by atoms with E-state index in [0.29, 0.717) is 5.15 Å². The number of nitrogens with zero attached hydrogens (tertiary/aromatic N) is 1. The zero-order chi connectivity index (χ0) is 8.97. The van der Waals surface area contributed by atoms with E-state index >= 15 is 0 Å². The number of halogens is 1. The Morgan fingerprint density at radius 2 is 2.25 bits per heavy atom. The fourth-order valence-corrected chi connectivity index (χ4v) is 1.20. The van der Waals surface area contributed by atoms with Gasteiger partial charge in [0.15, 0.2) is 0 Å². The number of nitrogens with one attached hydrogen (secondary N) is 1. The molecule has 0 fully saturated rings. The predicted molar refractivity (Wildman–Crippen MR) is 51.4 cm³/mol. The number of aromatic nitrogens is 1. The van der Waals surface area contributed by atoms with Gasteiger partial charge in [0.1, 0.15) is 5.15 Å². The molecule has 1 rings (SSSR count). The normalized spacial score (nSPS) is 10.2. The lowest BCUT2D eigenvalue weighted by molar-refractivity contribution is 0.720. The molecule has 0 atom stereocenters. The second kappa shape index (κ2) is 4.43. The number of rotatable bonds is 3. The Kier molecular flexibility index (Phi) is 3.50. The number of hydrogen-bond acceptors (Lipinski definition) is 2. The molecule has 2 nitrogen and oxygen atoms in total. The largest absolute Gasteiger partial charge is 0.313 e. The number of pyridine rings is 1. The molecule has 0 saturated heterocycles. The molecule has 12 heavy (non-hydrogen) atoms. The van der Waals surface area contributed by atoms with Crippen LogP contribution in [-0.2, 0) is 6.54 Å². The van der Waals surface area contributed by atoms with Crippen molar-refractivity contribution >= 4 is 11.6 Å². The van der Waals surface area contributed by atoms with Gasteiger partial charge in [0, 0.05) is 12.2 Å². The highest BCUT2D eigenvalue weighted by atomic mass is 35.5. The Labute approximate surface area is 78.0 Å². The molecule has 0 aliphatic rings. The first-order valence-corrected chi connectivity index (χ1v) is 4.44. The maximum Gasteiger partial charge on any atom is 0.129 e. The van der Waals surface area contributed by atoms with E-state index in [2.05, 4.69) is 17.2 Å². The summed E-state index contributed by atoms with van der Waals surface area (Å²) in [6.45, 7) is 5.89. The molecule has 1 aromatic rings. The van der Waals surface area contributed by atoms with Gasteiger partial charge in [0.05, 0.1) is 0 Å². The first-order valence-electron chi connectivity index (χ1n) is 4.06.